The van der Waals surface area contributed by atoms with Crippen molar-refractivity contribution in [3.63, 3.8) is 0 Å². The first-order valence-corrected chi connectivity index (χ1v) is 8.70. The number of nitrogens with zero attached hydrogens (tertiary/aromatic N) is 2. The number of rotatable bonds is 7. The van der Waals surface area contributed by atoms with E-state index in [4.69, 9.17) is 9.47 Å². The van der Waals surface area contributed by atoms with Gasteiger partial charge in [-0.2, -0.15) is 0 Å². The summed E-state index contributed by atoms with van der Waals surface area (Å²) in [5.74, 6) is -0.235. The van der Waals surface area contributed by atoms with E-state index in [1.807, 2.05) is 30.3 Å². The smallest absolute Gasteiger partial charge is 0.274 e. The lowest BCUT2D eigenvalue weighted by Crippen LogP contribution is -2.36. The van der Waals surface area contributed by atoms with Crippen molar-refractivity contribution in [3.8, 4) is 0 Å². The van der Waals surface area contributed by atoms with Crippen LogP contribution in [0.4, 0.5) is 17.1 Å². The van der Waals surface area contributed by atoms with Crippen molar-refractivity contribution in [1.82, 2.24) is 4.98 Å². The number of hydrogen-bond acceptors (Lipinski definition) is 6. The van der Waals surface area contributed by atoms with Crippen LogP contribution in [0.25, 0.3) is 0 Å². The zero-order valence-electron chi connectivity index (χ0n) is 14.9. The van der Waals surface area contributed by atoms with Crippen LogP contribution in [0.15, 0.2) is 42.6 Å². The monoisotopic (exact) mass is 356 g/mol. The molecule has 7 nitrogen and oxygen atoms in total. The summed E-state index contributed by atoms with van der Waals surface area (Å²) in [5, 5.41) is 6.18. The number of methoxy groups -OCH3 is 1. The lowest BCUT2D eigenvalue weighted by atomic mass is 10.2. The number of morpholine rings is 1. The van der Waals surface area contributed by atoms with E-state index >= 15 is 0 Å². The molecule has 1 aliphatic heterocycles. The second kappa shape index (κ2) is 9.17. The summed E-state index contributed by atoms with van der Waals surface area (Å²) in [6.07, 6.45) is 1.62. The fourth-order valence-corrected chi connectivity index (χ4v) is 2.81. The first-order chi connectivity index (χ1) is 12.8. The summed E-state index contributed by atoms with van der Waals surface area (Å²) in [4.78, 5) is 19.1. The zero-order chi connectivity index (χ0) is 18.2. The van der Waals surface area contributed by atoms with E-state index < -0.39 is 0 Å². The molecule has 2 aromatic rings. The highest BCUT2D eigenvalue weighted by atomic mass is 16.5. The van der Waals surface area contributed by atoms with Crippen molar-refractivity contribution in [2.75, 3.05) is 62.1 Å². The molecule has 2 N–H and O–H groups in total. The van der Waals surface area contributed by atoms with Crippen LogP contribution in [0, 0.1) is 0 Å². The lowest BCUT2D eigenvalue weighted by molar-refractivity contribution is 0.102. The van der Waals surface area contributed by atoms with Gasteiger partial charge in [-0.05, 0) is 24.3 Å². The number of para-hydroxylation sites is 2. The molecule has 1 aliphatic rings. The van der Waals surface area contributed by atoms with Gasteiger partial charge in [0.05, 0.1) is 31.2 Å². The van der Waals surface area contributed by atoms with Crippen molar-refractivity contribution >= 4 is 23.0 Å². The van der Waals surface area contributed by atoms with Crippen molar-refractivity contribution in [2.24, 2.45) is 0 Å². The predicted octanol–water partition coefficient (Wildman–Crippen LogP) is 2.23. The SMILES string of the molecule is COCCNc1ccnc(C(=O)Nc2ccccc2N2CCOCC2)c1. The molecule has 1 saturated heterocycles. The molecule has 0 unspecified atom stereocenters. The van der Waals surface area contributed by atoms with Gasteiger partial charge in [-0.3, -0.25) is 9.78 Å². The fourth-order valence-electron chi connectivity index (χ4n) is 2.81. The normalized spacial score (nSPS) is 14.1. The average Bonchev–Trinajstić information content (AvgIpc) is 2.69. The van der Waals surface area contributed by atoms with Crippen LogP contribution >= 0.6 is 0 Å². The highest BCUT2D eigenvalue weighted by Crippen LogP contribution is 2.26. The number of carbonyl (C=O) groups excluding carboxylic acids is 1. The second-order valence-electron chi connectivity index (χ2n) is 5.92. The Morgan fingerprint density at radius 1 is 1.27 bits per heavy atom. The Bertz CT molecular complexity index is 732. The van der Waals surface area contributed by atoms with Crippen LogP contribution in [-0.4, -0.2) is 57.5 Å². The summed E-state index contributed by atoms with van der Waals surface area (Å²) in [5.41, 5.74) is 2.98. The largest absolute Gasteiger partial charge is 0.383 e. The van der Waals surface area contributed by atoms with Gasteiger partial charge >= 0.3 is 0 Å². The molecule has 0 bridgehead atoms. The van der Waals surface area contributed by atoms with Crippen molar-refractivity contribution in [1.29, 1.82) is 0 Å². The first kappa shape index (κ1) is 18.2. The van der Waals surface area contributed by atoms with Crippen molar-refractivity contribution < 1.29 is 14.3 Å². The van der Waals surface area contributed by atoms with Crippen molar-refractivity contribution in [2.45, 2.75) is 0 Å². The first-order valence-electron chi connectivity index (χ1n) is 8.70. The minimum Gasteiger partial charge on any atom is -0.383 e. The topological polar surface area (TPSA) is 75.7 Å². The van der Waals surface area contributed by atoms with Gasteiger partial charge in [-0.1, -0.05) is 12.1 Å². The second-order valence-corrected chi connectivity index (χ2v) is 5.92. The maximum absolute atomic E-state index is 12.7. The molecule has 3 rings (SSSR count). The molecule has 0 saturated carbocycles. The highest BCUT2D eigenvalue weighted by Gasteiger charge is 2.16. The molecule has 0 atom stereocenters. The summed E-state index contributed by atoms with van der Waals surface area (Å²) >= 11 is 0. The standard InChI is InChI=1S/C19H24N4O3/c1-25-11-8-20-15-6-7-21-17(14-15)19(24)22-16-4-2-3-5-18(16)23-9-12-26-13-10-23/h2-7,14H,8-13H2,1H3,(H,20,21)(H,22,24). The predicted molar refractivity (Wildman–Crippen MR) is 102 cm³/mol. The Morgan fingerprint density at radius 2 is 2.08 bits per heavy atom. The van der Waals surface area contributed by atoms with Crippen LogP contribution < -0.4 is 15.5 Å². The Kier molecular flexibility index (Phi) is 6.40. The Labute approximate surface area is 153 Å². The van der Waals surface area contributed by atoms with Gasteiger partial charge in [-0.15, -0.1) is 0 Å². The number of nitrogens with one attached hydrogen (secondary N) is 2. The lowest BCUT2D eigenvalue weighted by Gasteiger charge is -2.30. The molecule has 0 aliphatic carbocycles. The highest BCUT2D eigenvalue weighted by molar-refractivity contribution is 6.05. The van der Waals surface area contributed by atoms with Gasteiger partial charge in [-0.25, -0.2) is 0 Å². The number of hydrogen-bond donors (Lipinski definition) is 2. The minimum atomic E-state index is -0.235. The maximum atomic E-state index is 12.7. The molecule has 7 heteroatoms. The number of pyridine rings is 1. The zero-order valence-corrected chi connectivity index (χ0v) is 14.9. The number of benzene rings is 1. The molecule has 0 spiro atoms. The Balaban J connectivity index is 1.71. The molecular weight excluding hydrogens is 332 g/mol. The number of ether oxygens (including phenoxy) is 2. The quantitative estimate of drug-likeness (QED) is 0.741. The van der Waals surface area contributed by atoms with E-state index in [-0.39, 0.29) is 5.91 Å². The third-order valence-corrected chi connectivity index (χ3v) is 4.13. The summed E-state index contributed by atoms with van der Waals surface area (Å²) in [6.45, 7) is 4.27. The molecule has 1 amide bonds. The third-order valence-electron chi connectivity index (χ3n) is 4.13. The molecule has 0 radical (unpaired) electrons. The molecule has 1 fully saturated rings. The molecule has 138 valence electrons. The van der Waals surface area contributed by atoms with Crippen LogP contribution in [0.5, 0.6) is 0 Å². The van der Waals surface area contributed by atoms with Gasteiger partial charge in [0.2, 0.25) is 0 Å². The number of amides is 1. The fraction of sp³-hybridized carbons (Fsp3) is 0.368. The van der Waals surface area contributed by atoms with Gasteiger partial charge < -0.3 is 25.0 Å². The van der Waals surface area contributed by atoms with E-state index in [9.17, 15) is 4.79 Å². The summed E-state index contributed by atoms with van der Waals surface area (Å²) in [7, 11) is 1.65. The molecule has 26 heavy (non-hydrogen) atoms. The van der Waals surface area contributed by atoms with E-state index in [0.29, 0.717) is 32.1 Å². The molecule has 1 aromatic heterocycles. The maximum Gasteiger partial charge on any atom is 0.274 e. The van der Waals surface area contributed by atoms with E-state index in [1.165, 1.54) is 0 Å². The van der Waals surface area contributed by atoms with Crippen LogP contribution in [0.1, 0.15) is 10.5 Å². The molecule has 2 heterocycles. The van der Waals surface area contributed by atoms with E-state index in [0.717, 1.165) is 30.2 Å². The van der Waals surface area contributed by atoms with Crippen molar-refractivity contribution in [3.05, 3.63) is 48.3 Å². The molecule has 1 aromatic carbocycles. The third kappa shape index (κ3) is 4.71. The van der Waals surface area contributed by atoms with Gasteiger partial charge in [0.15, 0.2) is 0 Å². The number of aromatic nitrogens is 1. The van der Waals surface area contributed by atoms with Crippen LogP contribution in [0.2, 0.25) is 0 Å². The Morgan fingerprint density at radius 3 is 2.88 bits per heavy atom. The molecular formula is C19H24N4O3. The van der Waals surface area contributed by atoms with Gasteiger partial charge in [0.25, 0.3) is 5.91 Å². The van der Waals surface area contributed by atoms with E-state index in [2.05, 4.69) is 20.5 Å². The number of anilines is 3. The van der Waals surface area contributed by atoms with E-state index in [1.54, 1.807) is 19.4 Å². The Hall–Kier alpha value is -2.64. The average molecular weight is 356 g/mol. The summed E-state index contributed by atoms with van der Waals surface area (Å²) in [6, 6.07) is 11.4. The summed E-state index contributed by atoms with van der Waals surface area (Å²) < 4.78 is 10.4. The van der Waals surface area contributed by atoms with Crippen LogP contribution in [0.3, 0.4) is 0 Å². The van der Waals surface area contributed by atoms with Gasteiger partial charge in [0, 0.05) is 38.6 Å². The number of carbonyl (C=O) groups is 1. The van der Waals surface area contributed by atoms with Crippen LogP contribution in [-0.2, 0) is 9.47 Å². The van der Waals surface area contributed by atoms with Gasteiger partial charge in [0.1, 0.15) is 5.69 Å². The minimum absolute atomic E-state index is 0.235.